The van der Waals surface area contributed by atoms with Crippen molar-refractivity contribution in [3.05, 3.63) is 70.9 Å². The number of anilines is 1. The number of aliphatic hydroxyl groups excluding tert-OH is 1. The van der Waals surface area contributed by atoms with Crippen LogP contribution in [0.1, 0.15) is 11.1 Å². The first kappa shape index (κ1) is 17.3. The molecule has 0 amide bonds. The molecule has 0 aliphatic carbocycles. The first-order valence-corrected chi connectivity index (χ1v) is 9.33. The van der Waals surface area contributed by atoms with Crippen LogP contribution < -0.4 is 5.32 Å². The fraction of sp³-hybridized carbons (Fsp3) is 0.286. The number of halogens is 1. The van der Waals surface area contributed by atoms with Crippen molar-refractivity contribution in [2.45, 2.75) is 19.1 Å². The molecule has 2 heterocycles. The van der Waals surface area contributed by atoms with Crippen LogP contribution in [0.3, 0.4) is 0 Å². The zero-order valence-corrected chi connectivity index (χ0v) is 15.3. The van der Waals surface area contributed by atoms with Crippen LogP contribution in [0.2, 0.25) is 5.15 Å². The number of nitrogens with one attached hydrogen (secondary N) is 1. The molecule has 3 aromatic rings. The molecule has 1 aliphatic heterocycles. The maximum absolute atomic E-state index is 10.4. The van der Waals surface area contributed by atoms with Gasteiger partial charge < -0.3 is 10.4 Å². The quantitative estimate of drug-likeness (QED) is 0.675. The summed E-state index contributed by atoms with van der Waals surface area (Å²) in [5, 5.41) is 16.1. The summed E-state index contributed by atoms with van der Waals surface area (Å²) >= 11 is 6.26. The van der Waals surface area contributed by atoms with Gasteiger partial charge in [0, 0.05) is 31.6 Å². The molecule has 5 heteroatoms. The minimum atomic E-state index is -0.465. The summed E-state index contributed by atoms with van der Waals surface area (Å²) in [5.74, 6) is 0.691. The number of hydrogen-bond acceptors (Lipinski definition) is 4. The van der Waals surface area contributed by atoms with E-state index in [-0.39, 0.29) is 0 Å². The van der Waals surface area contributed by atoms with Crippen molar-refractivity contribution in [1.82, 2.24) is 9.88 Å². The highest BCUT2D eigenvalue weighted by Gasteiger charge is 2.18. The van der Waals surface area contributed by atoms with E-state index in [1.807, 2.05) is 30.3 Å². The van der Waals surface area contributed by atoms with Gasteiger partial charge in [0.15, 0.2) is 0 Å². The minimum Gasteiger partial charge on any atom is -0.390 e. The smallest absolute Gasteiger partial charge is 0.139 e. The molecule has 0 radical (unpaired) electrons. The Labute approximate surface area is 158 Å². The first-order valence-electron chi connectivity index (χ1n) is 8.95. The maximum Gasteiger partial charge on any atom is 0.139 e. The molecule has 4 nitrogen and oxygen atoms in total. The van der Waals surface area contributed by atoms with Gasteiger partial charge >= 0.3 is 0 Å². The Morgan fingerprint density at radius 2 is 1.88 bits per heavy atom. The highest BCUT2D eigenvalue weighted by molar-refractivity contribution is 6.34. The Kier molecular flexibility index (Phi) is 5.07. The molecule has 0 bridgehead atoms. The zero-order valence-electron chi connectivity index (χ0n) is 14.5. The van der Waals surface area contributed by atoms with Crippen LogP contribution in [0.25, 0.3) is 10.8 Å². The van der Waals surface area contributed by atoms with Gasteiger partial charge in [-0.1, -0.05) is 60.1 Å². The molecular formula is C21H22ClN3O. The van der Waals surface area contributed by atoms with E-state index in [4.69, 9.17) is 11.6 Å². The van der Waals surface area contributed by atoms with Crippen LogP contribution in [0, 0.1) is 0 Å². The lowest BCUT2D eigenvalue weighted by Gasteiger charge is -2.30. The molecule has 0 spiro atoms. The highest BCUT2D eigenvalue weighted by Crippen LogP contribution is 2.24. The lowest BCUT2D eigenvalue weighted by atomic mass is 10.00. The van der Waals surface area contributed by atoms with Gasteiger partial charge in [-0.2, -0.15) is 0 Å². The van der Waals surface area contributed by atoms with Gasteiger partial charge in [-0.3, -0.25) is 4.90 Å². The number of β-amino-alcohol motifs (C(OH)–C–C–N with tert-alkyl or cyclic N) is 1. The van der Waals surface area contributed by atoms with Gasteiger partial charge in [0.05, 0.1) is 6.10 Å². The number of aliphatic hydroxyl groups is 1. The predicted octanol–water partition coefficient (Wildman–Crippen LogP) is 3.72. The molecule has 1 aromatic heterocycles. The molecule has 4 rings (SSSR count). The SMILES string of the molecule is OC(CNc1cc2ccccc2c(Cl)n1)CN1CCc2ccccc2C1. The zero-order chi connectivity index (χ0) is 17.9. The van der Waals surface area contributed by atoms with Gasteiger partial charge in [0.1, 0.15) is 11.0 Å². The van der Waals surface area contributed by atoms with E-state index < -0.39 is 6.10 Å². The summed E-state index contributed by atoms with van der Waals surface area (Å²) in [4.78, 5) is 6.68. The topological polar surface area (TPSA) is 48.4 Å². The molecule has 1 unspecified atom stereocenters. The molecule has 2 aromatic carbocycles. The number of hydrogen-bond donors (Lipinski definition) is 2. The van der Waals surface area contributed by atoms with Gasteiger partial charge in [0.25, 0.3) is 0 Å². The number of pyridine rings is 1. The van der Waals surface area contributed by atoms with Crippen LogP contribution in [0.5, 0.6) is 0 Å². The molecule has 1 aliphatic rings. The van der Waals surface area contributed by atoms with Crippen LogP contribution in [0.15, 0.2) is 54.6 Å². The largest absolute Gasteiger partial charge is 0.390 e. The Balaban J connectivity index is 1.35. The second kappa shape index (κ2) is 7.62. The lowest BCUT2D eigenvalue weighted by Crippen LogP contribution is -2.39. The summed E-state index contributed by atoms with van der Waals surface area (Å²) in [6.45, 7) is 2.96. The van der Waals surface area contributed by atoms with Crippen molar-refractivity contribution in [3.63, 3.8) is 0 Å². The average molecular weight is 368 g/mol. The summed E-state index contributed by atoms with van der Waals surface area (Å²) in [6, 6.07) is 18.4. The number of nitrogens with zero attached hydrogens (tertiary/aromatic N) is 2. The minimum absolute atomic E-state index is 0.444. The number of benzene rings is 2. The van der Waals surface area contributed by atoms with Gasteiger partial charge in [-0.25, -0.2) is 4.98 Å². The van der Waals surface area contributed by atoms with Crippen molar-refractivity contribution in [2.75, 3.05) is 25.0 Å². The summed E-state index contributed by atoms with van der Waals surface area (Å²) in [6.07, 6.45) is 0.574. The van der Waals surface area contributed by atoms with Gasteiger partial charge in [-0.15, -0.1) is 0 Å². The molecule has 134 valence electrons. The fourth-order valence-electron chi connectivity index (χ4n) is 3.54. The third-order valence-corrected chi connectivity index (χ3v) is 5.18. The molecule has 26 heavy (non-hydrogen) atoms. The molecule has 0 saturated carbocycles. The average Bonchev–Trinajstić information content (AvgIpc) is 2.66. The van der Waals surface area contributed by atoms with E-state index in [9.17, 15) is 5.11 Å². The number of fused-ring (bicyclic) bond motifs is 2. The summed E-state index contributed by atoms with van der Waals surface area (Å²) in [7, 11) is 0. The van der Waals surface area contributed by atoms with E-state index in [0.29, 0.717) is 24.1 Å². The third kappa shape index (κ3) is 3.83. The van der Waals surface area contributed by atoms with Crippen LogP contribution in [-0.4, -0.2) is 40.7 Å². The van der Waals surface area contributed by atoms with Crippen molar-refractivity contribution in [1.29, 1.82) is 0 Å². The van der Waals surface area contributed by atoms with Gasteiger partial charge in [-0.05, 0) is 29.0 Å². The molecule has 2 N–H and O–H groups in total. The van der Waals surface area contributed by atoms with Crippen LogP contribution in [0.4, 0.5) is 5.82 Å². The standard InChI is InChI=1S/C21H22ClN3O/c22-21-19-8-4-3-6-16(19)11-20(24-21)23-12-18(26)14-25-10-9-15-5-1-2-7-17(15)13-25/h1-8,11,18,26H,9-10,12-14H2,(H,23,24). The Hall–Kier alpha value is -2.14. The molecule has 0 saturated heterocycles. The normalized spacial score (nSPS) is 15.6. The van der Waals surface area contributed by atoms with Crippen molar-refractivity contribution >= 4 is 28.2 Å². The number of rotatable bonds is 5. The Bertz CT molecular complexity index is 915. The van der Waals surface area contributed by atoms with E-state index >= 15 is 0 Å². The lowest BCUT2D eigenvalue weighted by molar-refractivity contribution is 0.114. The van der Waals surface area contributed by atoms with Crippen molar-refractivity contribution in [3.8, 4) is 0 Å². The molecular weight excluding hydrogens is 346 g/mol. The van der Waals surface area contributed by atoms with Crippen molar-refractivity contribution in [2.24, 2.45) is 0 Å². The van der Waals surface area contributed by atoms with Gasteiger partial charge in [0.2, 0.25) is 0 Å². The van der Waals surface area contributed by atoms with Crippen molar-refractivity contribution < 1.29 is 5.11 Å². The highest BCUT2D eigenvalue weighted by atomic mass is 35.5. The Morgan fingerprint density at radius 3 is 2.77 bits per heavy atom. The summed E-state index contributed by atoms with van der Waals surface area (Å²) < 4.78 is 0. The molecule has 1 atom stereocenters. The first-order chi connectivity index (χ1) is 12.7. The fourth-order valence-corrected chi connectivity index (χ4v) is 3.80. The summed E-state index contributed by atoms with van der Waals surface area (Å²) in [5.41, 5.74) is 2.79. The monoisotopic (exact) mass is 367 g/mol. The third-order valence-electron chi connectivity index (χ3n) is 4.89. The van der Waals surface area contributed by atoms with E-state index in [1.165, 1.54) is 11.1 Å². The Morgan fingerprint density at radius 1 is 1.12 bits per heavy atom. The second-order valence-electron chi connectivity index (χ2n) is 6.81. The molecule has 0 fully saturated rings. The second-order valence-corrected chi connectivity index (χ2v) is 7.17. The maximum atomic E-state index is 10.4. The van der Waals surface area contributed by atoms with E-state index in [0.717, 1.165) is 30.3 Å². The predicted molar refractivity (Wildman–Crippen MR) is 107 cm³/mol. The van der Waals surface area contributed by atoms with Crippen LogP contribution in [-0.2, 0) is 13.0 Å². The van der Waals surface area contributed by atoms with E-state index in [1.54, 1.807) is 0 Å². The van der Waals surface area contributed by atoms with E-state index in [2.05, 4.69) is 39.5 Å². The van der Waals surface area contributed by atoms with Crippen LogP contribution >= 0.6 is 11.6 Å². The number of aromatic nitrogens is 1.